The van der Waals surface area contributed by atoms with E-state index < -0.39 is 23.3 Å². The summed E-state index contributed by atoms with van der Waals surface area (Å²) >= 11 is 0. The second-order valence-corrected chi connectivity index (χ2v) is 2.53. The van der Waals surface area contributed by atoms with E-state index in [0.29, 0.717) is 0 Å². The van der Waals surface area contributed by atoms with Crippen molar-refractivity contribution in [3.63, 3.8) is 0 Å². The Bertz CT molecular complexity index is 402. The Hall–Kier alpha value is -1.91. The van der Waals surface area contributed by atoms with Crippen LogP contribution in [0.4, 0.5) is 8.78 Å². The molecule has 74 valence electrons. The first kappa shape index (κ1) is 10.2. The molecule has 14 heavy (non-hydrogen) atoms. The third kappa shape index (κ3) is 2.07. The molecule has 1 rings (SSSR count). The number of phenolic OH excluding ortho intramolecular Hbond substituents is 1. The number of phenols is 1. The number of primary amides is 1. The molecule has 0 radical (unpaired) electrons. The largest absolute Gasteiger partial charge is 0.504 e. The van der Waals surface area contributed by atoms with Gasteiger partial charge in [-0.05, 0) is 18.2 Å². The topological polar surface area (TPSA) is 63.3 Å². The Morgan fingerprint density at radius 1 is 1.43 bits per heavy atom. The van der Waals surface area contributed by atoms with Crippen molar-refractivity contribution in [3.8, 4) is 5.75 Å². The fourth-order valence-corrected chi connectivity index (χ4v) is 0.861. The van der Waals surface area contributed by atoms with Gasteiger partial charge in [0.05, 0.1) is 0 Å². The zero-order valence-corrected chi connectivity index (χ0v) is 7.00. The van der Waals surface area contributed by atoms with Gasteiger partial charge in [-0.25, -0.2) is 4.39 Å². The van der Waals surface area contributed by atoms with Crippen LogP contribution >= 0.6 is 0 Å². The lowest BCUT2D eigenvalue weighted by Crippen LogP contribution is -2.05. The first-order valence-electron chi connectivity index (χ1n) is 3.67. The zero-order chi connectivity index (χ0) is 10.7. The minimum absolute atomic E-state index is 0.0114. The van der Waals surface area contributed by atoms with Crippen LogP contribution in [0.2, 0.25) is 0 Å². The smallest absolute Gasteiger partial charge is 0.241 e. The molecular weight excluding hydrogens is 192 g/mol. The lowest BCUT2D eigenvalue weighted by molar-refractivity contribution is -0.113. The molecule has 1 aromatic rings. The summed E-state index contributed by atoms with van der Waals surface area (Å²) in [4.78, 5) is 10.3. The molecule has 1 aromatic carbocycles. The standard InChI is InChI=1S/C9H7F2NO2/c10-6-3-1-5(2-4-7(12)13)9(14)8(6)11/h1-4,14H,(H2,12,13)/b4-2+. The molecule has 0 aliphatic rings. The first-order valence-corrected chi connectivity index (χ1v) is 3.67. The lowest BCUT2D eigenvalue weighted by atomic mass is 10.1. The van der Waals surface area contributed by atoms with E-state index >= 15 is 0 Å². The van der Waals surface area contributed by atoms with Gasteiger partial charge in [-0.1, -0.05) is 0 Å². The molecule has 0 spiro atoms. The van der Waals surface area contributed by atoms with Crippen molar-refractivity contribution < 1.29 is 18.7 Å². The number of hydrogen-bond acceptors (Lipinski definition) is 2. The third-order valence-corrected chi connectivity index (χ3v) is 1.53. The number of rotatable bonds is 2. The molecule has 0 atom stereocenters. The van der Waals surface area contributed by atoms with Gasteiger partial charge < -0.3 is 10.8 Å². The van der Waals surface area contributed by atoms with E-state index in [4.69, 9.17) is 10.8 Å². The highest BCUT2D eigenvalue weighted by Gasteiger charge is 2.10. The average molecular weight is 199 g/mol. The molecule has 1 amide bonds. The van der Waals surface area contributed by atoms with Gasteiger partial charge in [-0.2, -0.15) is 4.39 Å². The van der Waals surface area contributed by atoms with Crippen molar-refractivity contribution >= 4 is 12.0 Å². The molecule has 0 saturated carbocycles. The summed E-state index contributed by atoms with van der Waals surface area (Å²) in [7, 11) is 0. The molecular formula is C9H7F2NO2. The van der Waals surface area contributed by atoms with E-state index in [2.05, 4.69) is 0 Å². The van der Waals surface area contributed by atoms with E-state index in [1.165, 1.54) is 0 Å². The molecule has 0 aliphatic heterocycles. The summed E-state index contributed by atoms with van der Waals surface area (Å²) < 4.78 is 25.2. The van der Waals surface area contributed by atoms with Gasteiger partial charge in [0.2, 0.25) is 11.7 Å². The number of halogens is 2. The van der Waals surface area contributed by atoms with Crippen molar-refractivity contribution in [1.82, 2.24) is 0 Å². The maximum Gasteiger partial charge on any atom is 0.241 e. The number of amides is 1. The zero-order valence-electron chi connectivity index (χ0n) is 7.00. The van der Waals surface area contributed by atoms with Crippen molar-refractivity contribution in [2.75, 3.05) is 0 Å². The minimum Gasteiger partial charge on any atom is -0.504 e. The van der Waals surface area contributed by atoms with Crippen molar-refractivity contribution in [1.29, 1.82) is 0 Å². The van der Waals surface area contributed by atoms with Crippen LogP contribution in [0.5, 0.6) is 5.75 Å². The lowest BCUT2D eigenvalue weighted by Gasteiger charge is -2.00. The van der Waals surface area contributed by atoms with Gasteiger partial charge in [-0.15, -0.1) is 0 Å². The predicted octanol–water partition coefficient (Wildman–Crippen LogP) is 1.17. The van der Waals surface area contributed by atoms with Gasteiger partial charge in [-0.3, -0.25) is 4.79 Å². The Labute approximate surface area is 78.5 Å². The third-order valence-electron chi connectivity index (χ3n) is 1.53. The number of nitrogens with two attached hydrogens (primary N) is 1. The summed E-state index contributed by atoms with van der Waals surface area (Å²) in [5, 5.41) is 9.07. The van der Waals surface area contributed by atoms with Crippen LogP contribution < -0.4 is 5.73 Å². The molecule has 0 bridgehead atoms. The monoisotopic (exact) mass is 199 g/mol. The van der Waals surface area contributed by atoms with Gasteiger partial charge in [0.15, 0.2) is 11.6 Å². The highest BCUT2D eigenvalue weighted by molar-refractivity contribution is 5.90. The van der Waals surface area contributed by atoms with Crippen LogP contribution in [-0.4, -0.2) is 11.0 Å². The summed E-state index contributed by atoms with van der Waals surface area (Å²) in [6.07, 6.45) is 2.03. The van der Waals surface area contributed by atoms with E-state index in [-0.39, 0.29) is 5.56 Å². The number of aromatic hydroxyl groups is 1. The van der Waals surface area contributed by atoms with Crippen molar-refractivity contribution in [3.05, 3.63) is 35.4 Å². The van der Waals surface area contributed by atoms with Gasteiger partial charge in [0.25, 0.3) is 0 Å². The fraction of sp³-hybridized carbons (Fsp3) is 0. The molecule has 0 aliphatic carbocycles. The van der Waals surface area contributed by atoms with Crippen molar-refractivity contribution in [2.24, 2.45) is 5.73 Å². The number of benzene rings is 1. The molecule has 5 heteroatoms. The SMILES string of the molecule is NC(=O)/C=C/c1ccc(F)c(F)c1O. The Balaban J connectivity index is 3.12. The Morgan fingerprint density at radius 3 is 2.64 bits per heavy atom. The minimum atomic E-state index is -1.35. The molecule has 3 nitrogen and oxygen atoms in total. The average Bonchev–Trinajstić information content (AvgIpc) is 2.13. The van der Waals surface area contributed by atoms with Gasteiger partial charge in [0, 0.05) is 11.6 Å². The summed E-state index contributed by atoms with van der Waals surface area (Å²) in [6, 6.07) is 1.98. The maximum absolute atomic E-state index is 12.7. The number of hydrogen-bond donors (Lipinski definition) is 2. The molecule has 0 unspecified atom stereocenters. The van der Waals surface area contributed by atoms with E-state index in [0.717, 1.165) is 24.3 Å². The van der Waals surface area contributed by atoms with Crippen LogP contribution in [0.3, 0.4) is 0 Å². The van der Waals surface area contributed by atoms with Crippen LogP contribution in [0.15, 0.2) is 18.2 Å². The van der Waals surface area contributed by atoms with Gasteiger partial charge in [0.1, 0.15) is 0 Å². The summed E-state index contributed by atoms with van der Waals surface area (Å²) in [5.41, 5.74) is 4.77. The first-order chi connectivity index (χ1) is 6.52. The van der Waals surface area contributed by atoms with Crippen LogP contribution in [0, 0.1) is 11.6 Å². The summed E-state index contributed by atoms with van der Waals surface area (Å²) in [6.45, 7) is 0. The molecule has 0 heterocycles. The molecule has 0 saturated heterocycles. The van der Waals surface area contributed by atoms with E-state index in [1.807, 2.05) is 0 Å². The predicted molar refractivity (Wildman–Crippen MR) is 46.3 cm³/mol. The number of carbonyl (C=O) groups is 1. The molecule has 0 aromatic heterocycles. The normalized spacial score (nSPS) is 10.7. The quantitative estimate of drug-likeness (QED) is 0.702. The fourth-order valence-electron chi connectivity index (χ4n) is 0.861. The summed E-state index contributed by atoms with van der Waals surface area (Å²) in [5.74, 6) is -4.09. The van der Waals surface area contributed by atoms with E-state index in [9.17, 15) is 13.6 Å². The van der Waals surface area contributed by atoms with Crippen molar-refractivity contribution in [2.45, 2.75) is 0 Å². The highest BCUT2D eigenvalue weighted by Crippen LogP contribution is 2.24. The maximum atomic E-state index is 12.7. The van der Waals surface area contributed by atoms with Crippen LogP contribution in [0.1, 0.15) is 5.56 Å². The van der Waals surface area contributed by atoms with Crippen LogP contribution in [-0.2, 0) is 4.79 Å². The van der Waals surface area contributed by atoms with Gasteiger partial charge >= 0.3 is 0 Å². The van der Waals surface area contributed by atoms with E-state index in [1.54, 1.807) is 0 Å². The second kappa shape index (κ2) is 3.87. The van der Waals surface area contributed by atoms with Crippen LogP contribution in [0.25, 0.3) is 6.08 Å². The Morgan fingerprint density at radius 2 is 2.07 bits per heavy atom. The second-order valence-electron chi connectivity index (χ2n) is 2.53. The molecule has 0 fully saturated rings. The highest BCUT2D eigenvalue weighted by atomic mass is 19.2. The Kier molecular flexibility index (Phi) is 2.81. The number of carbonyl (C=O) groups excluding carboxylic acids is 1. The molecule has 3 N–H and O–H groups in total.